The van der Waals surface area contributed by atoms with Crippen LogP contribution in [0.4, 0.5) is 0 Å². The Balaban J connectivity index is 1.67. The van der Waals surface area contributed by atoms with Gasteiger partial charge < -0.3 is 4.90 Å². The van der Waals surface area contributed by atoms with Crippen LogP contribution in [-0.4, -0.2) is 15.8 Å². The van der Waals surface area contributed by atoms with E-state index >= 15 is 0 Å². The number of aromatic nitrogens is 1. The highest BCUT2D eigenvalue weighted by Gasteiger charge is 2.49. The van der Waals surface area contributed by atoms with E-state index in [1.807, 2.05) is 55.6 Å². The van der Waals surface area contributed by atoms with Crippen LogP contribution in [0.1, 0.15) is 61.0 Å². The minimum atomic E-state index is -0.109. The summed E-state index contributed by atoms with van der Waals surface area (Å²) in [4.78, 5) is 20.6. The molecular formula is C27H26Cl2N2O. The highest BCUT2D eigenvalue weighted by Crippen LogP contribution is 2.53. The maximum absolute atomic E-state index is 13.8. The fraction of sp³-hybridized carbons (Fsp3) is 0.333. The number of likely N-dealkylation sites (tertiary alicyclic amines) is 1. The molecule has 2 fully saturated rings. The third-order valence-electron chi connectivity index (χ3n) is 6.81. The maximum atomic E-state index is 13.8. The van der Waals surface area contributed by atoms with Crippen molar-refractivity contribution in [3.8, 4) is 0 Å². The van der Waals surface area contributed by atoms with E-state index < -0.39 is 0 Å². The van der Waals surface area contributed by atoms with E-state index in [2.05, 4.69) is 29.2 Å². The number of carbonyl (C=O) groups is 1. The van der Waals surface area contributed by atoms with Gasteiger partial charge in [0.2, 0.25) is 5.91 Å². The lowest BCUT2D eigenvalue weighted by atomic mass is 9.75. The fourth-order valence-electron chi connectivity index (χ4n) is 5.19. The van der Waals surface area contributed by atoms with Gasteiger partial charge in [-0.05, 0) is 72.7 Å². The average Bonchev–Trinajstić information content (AvgIpc) is 3.63. The number of rotatable bonds is 5. The number of piperidine rings is 1. The van der Waals surface area contributed by atoms with Crippen LogP contribution >= 0.6 is 23.2 Å². The lowest BCUT2D eigenvalue weighted by Gasteiger charge is -2.48. The molecule has 1 amide bonds. The molecule has 3 nitrogen and oxygen atoms in total. The van der Waals surface area contributed by atoms with Gasteiger partial charge in [-0.15, -0.1) is 0 Å². The molecule has 2 aliphatic rings. The summed E-state index contributed by atoms with van der Waals surface area (Å²) < 4.78 is 0. The van der Waals surface area contributed by atoms with Crippen LogP contribution in [0.25, 0.3) is 0 Å². The van der Waals surface area contributed by atoms with Gasteiger partial charge in [0.25, 0.3) is 0 Å². The summed E-state index contributed by atoms with van der Waals surface area (Å²) in [6, 6.07) is 21.9. The van der Waals surface area contributed by atoms with Gasteiger partial charge in [-0.25, -0.2) is 0 Å². The first-order chi connectivity index (χ1) is 15.5. The van der Waals surface area contributed by atoms with Gasteiger partial charge in [0.1, 0.15) is 0 Å². The second-order valence-electron chi connectivity index (χ2n) is 9.08. The van der Waals surface area contributed by atoms with Crippen molar-refractivity contribution >= 4 is 29.1 Å². The number of benzene rings is 2. The van der Waals surface area contributed by atoms with E-state index in [1.54, 1.807) is 0 Å². The summed E-state index contributed by atoms with van der Waals surface area (Å²) in [5, 5.41) is 1.41. The van der Waals surface area contributed by atoms with E-state index in [-0.39, 0.29) is 29.8 Å². The SMILES string of the molecule is CC1C[C@H](c2cccc(Cl)c2)[C@@H](c2ccc(Cl)cc2)N([C@H](c2ccccn2)C2CC2)C1=O. The molecule has 4 atom stereocenters. The summed E-state index contributed by atoms with van der Waals surface area (Å²) in [7, 11) is 0. The van der Waals surface area contributed by atoms with Crippen LogP contribution in [-0.2, 0) is 4.79 Å². The quantitative estimate of drug-likeness (QED) is 0.398. The average molecular weight is 465 g/mol. The molecule has 0 bridgehead atoms. The number of amides is 1. The third kappa shape index (κ3) is 4.16. The molecule has 2 aromatic carbocycles. The number of hydrogen-bond acceptors (Lipinski definition) is 2. The van der Waals surface area contributed by atoms with Crippen LogP contribution in [0.15, 0.2) is 72.9 Å². The predicted octanol–water partition coefficient (Wildman–Crippen LogP) is 7.23. The van der Waals surface area contributed by atoms with E-state index in [0.717, 1.165) is 41.1 Å². The molecule has 32 heavy (non-hydrogen) atoms. The number of halogens is 2. The minimum absolute atomic E-state index is 0.0335. The van der Waals surface area contributed by atoms with Crippen LogP contribution in [0.2, 0.25) is 10.0 Å². The third-order valence-corrected chi connectivity index (χ3v) is 7.30. The molecule has 5 rings (SSSR count). The first kappa shape index (κ1) is 21.5. The van der Waals surface area contributed by atoms with Gasteiger partial charge in [-0.2, -0.15) is 0 Å². The molecule has 1 aliphatic heterocycles. The Morgan fingerprint density at radius 1 is 0.938 bits per heavy atom. The molecule has 0 radical (unpaired) electrons. The van der Waals surface area contributed by atoms with Crippen molar-refractivity contribution in [2.45, 2.75) is 44.2 Å². The van der Waals surface area contributed by atoms with E-state index in [4.69, 9.17) is 28.2 Å². The van der Waals surface area contributed by atoms with Crippen molar-refractivity contribution in [1.29, 1.82) is 0 Å². The Bertz CT molecular complexity index is 1100. The van der Waals surface area contributed by atoms with Gasteiger partial charge in [0.05, 0.1) is 17.8 Å². The zero-order valence-corrected chi connectivity index (χ0v) is 19.5. The Morgan fingerprint density at radius 2 is 1.72 bits per heavy atom. The Kier molecular flexibility index (Phi) is 5.96. The van der Waals surface area contributed by atoms with Crippen LogP contribution in [0.5, 0.6) is 0 Å². The molecule has 1 aliphatic carbocycles. The van der Waals surface area contributed by atoms with Gasteiger partial charge >= 0.3 is 0 Å². The van der Waals surface area contributed by atoms with E-state index in [0.29, 0.717) is 10.9 Å². The summed E-state index contributed by atoms with van der Waals surface area (Å²) in [5.74, 6) is 0.694. The normalized spacial score (nSPS) is 24.4. The molecule has 0 spiro atoms. The van der Waals surface area contributed by atoms with Crippen molar-refractivity contribution in [1.82, 2.24) is 9.88 Å². The Labute approximate surface area is 199 Å². The molecule has 2 heterocycles. The molecule has 1 saturated heterocycles. The summed E-state index contributed by atoms with van der Waals surface area (Å²) in [5.41, 5.74) is 3.24. The van der Waals surface area contributed by atoms with E-state index in [1.165, 1.54) is 0 Å². The van der Waals surface area contributed by atoms with Crippen LogP contribution < -0.4 is 0 Å². The van der Waals surface area contributed by atoms with Crippen LogP contribution in [0.3, 0.4) is 0 Å². The summed E-state index contributed by atoms with van der Waals surface area (Å²) >= 11 is 12.6. The Hall–Kier alpha value is -2.36. The molecule has 5 heteroatoms. The first-order valence-corrected chi connectivity index (χ1v) is 12.0. The van der Waals surface area contributed by atoms with Crippen molar-refractivity contribution in [3.63, 3.8) is 0 Å². The molecule has 3 aromatic rings. The van der Waals surface area contributed by atoms with Crippen molar-refractivity contribution in [3.05, 3.63) is 99.8 Å². The van der Waals surface area contributed by atoms with Gasteiger partial charge in [-0.3, -0.25) is 9.78 Å². The highest BCUT2D eigenvalue weighted by atomic mass is 35.5. The number of pyridine rings is 1. The summed E-state index contributed by atoms with van der Waals surface area (Å²) in [6.45, 7) is 2.05. The topological polar surface area (TPSA) is 33.2 Å². The summed E-state index contributed by atoms with van der Waals surface area (Å²) in [6.07, 6.45) is 4.85. The second kappa shape index (κ2) is 8.88. The van der Waals surface area contributed by atoms with Gasteiger partial charge in [0, 0.05) is 28.1 Å². The predicted molar refractivity (Wildman–Crippen MR) is 129 cm³/mol. The van der Waals surface area contributed by atoms with Gasteiger partial charge in [-0.1, -0.05) is 60.5 Å². The lowest BCUT2D eigenvalue weighted by Crippen LogP contribution is -2.48. The maximum Gasteiger partial charge on any atom is 0.226 e. The highest BCUT2D eigenvalue weighted by molar-refractivity contribution is 6.30. The molecule has 1 saturated carbocycles. The molecule has 0 N–H and O–H groups in total. The molecule has 1 unspecified atom stereocenters. The Morgan fingerprint density at radius 3 is 2.38 bits per heavy atom. The molecule has 1 aromatic heterocycles. The largest absolute Gasteiger partial charge is 0.326 e. The van der Waals surface area contributed by atoms with Crippen molar-refractivity contribution < 1.29 is 4.79 Å². The zero-order valence-electron chi connectivity index (χ0n) is 18.0. The smallest absolute Gasteiger partial charge is 0.226 e. The first-order valence-electron chi connectivity index (χ1n) is 11.3. The molecule has 164 valence electrons. The standard InChI is InChI=1S/C27H26Cl2N2O/c1-17-15-23(20-5-4-6-22(29)16-20)25(18-10-12-21(28)13-11-18)31(27(17)32)26(19-8-9-19)24-7-2-3-14-30-24/h2-7,10-14,16-17,19,23,25-26H,8-9,15H2,1H3/t17?,23-,25-,26+/m1/s1. The van der Waals surface area contributed by atoms with Crippen molar-refractivity contribution in [2.75, 3.05) is 0 Å². The number of hydrogen-bond donors (Lipinski definition) is 0. The van der Waals surface area contributed by atoms with E-state index in [9.17, 15) is 4.79 Å². The zero-order chi connectivity index (χ0) is 22.2. The fourth-order valence-corrected chi connectivity index (χ4v) is 5.51. The van der Waals surface area contributed by atoms with Gasteiger partial charge in [0.15, 0.2) is 0 Å². The minimum Gasteiger partial charge on any atom is -0.326 e. The lowest BCUT2D eigenvalue weighted by molar-refractivity contribution is -0.147. The number of carbonyl (C=O) groups excluding carboxylic acids is 1. The monoisotopic (exact) mass is 464 g/mol. The molecular weight excluding hydrogens is 439 g/mol. The second-order valence-corrected chi connectivity index (χ2v) is 9.95. The van der Waals surface area contributed by atoms with Crippen LogP contribution in [0, 0.1) is 11.8 Å². The number of nitrogens with zero attached hydrogens (tertiary/aromatic N) is 2. The van der Waals surface area contributed by atoms with Crippen molar-refractivity contribution in [2.24, 2.45) is 11.8 Å².